The van der Waals surface area contributed by atoms with Crippen molar-refractivity contribution in [1.29, 1.82) is 0 Å². The van der Waals surface area contributed by atoms with Crippen molar-refractivity contribution in [3.8, 4) is 0 Å². The Morgan fingerprint density at radius 2 is 1.89 bits per heavy atom. The molecule has 7 nitrogen and oxygen atoms in total. The van der Waals surface area contributed by atoms with Crippen molar-refractivity contribution in [2.75, 3.05) is 26.2 Å². The maximum atomic E-state index is 13.1. The number of ketones is 2. The first-order valence-corrected chi connectivity index (χ1v) is 10.3. The number of fused-ring (bicyclic) bond motifs is 10. The van der Waals surface area contributed by atoms with Crippen molar-refractivity contribution < 1.29 is 19.1 Å². The van der Waals surface area contributed by atoms with Crippen LogP contribution in [0, 0.1) is 5.92 Å². The summed E-state index contributed by atoms with van der Waals surface area (Å²) in [5, 5.41) is 6.59. The molecule has 0 aromatic carbocycles. The van der Waals surface area contributed by atoms with Crippen LogP contribution < -0.4 is 10.6 Å². The van der Waals surface area contributed by atoms with E-state index < -0.39 is 17.2 Å². The van der Waals surface area contributed by atoms with Crippen molar-refractivity contribution in [3.05, 3.63) is 12.2 Å². The van der Waals surface area contributed by atoms with Crippen molar-refractivity contribution in [2.24, 2.45) is 5.92 Å². The second-order valence-electron chi connectivity index (χ2n) is 8.81. The second kappa shape index (κ2) is 9.18. The quantitative estimate of drug-likeness (QED) is 0.711. The van der Waals surface area contributed by atoms with Gasteiger partial charge in [-0.3, -0.25) is 20.2 Å². The van der Waals surface area contributed by atoms with E-state index in [1.807, 2.05) is 46.8 Å². The maximum Gasteiger partial charge on any atom is 0.410 e. The van der Waals surface area contributed by atoms with Gasteiger partial charge in [0.15, 0.2) is 11.6 Å². The van der Waals surface area contributed by atoms with Gasteiger partial charge in [-0.05, 0) is 40.0 Å². The van der Waals surface area contributed by atoms with Crippen LogP contribution in [-0.2, 0) is 14.3 Å². The largest absolute Gasteiger partial charge is 0.445 e. The first-order chi connectivity index (χ1) is 13.1. The number of allylic oxidation sites excluding steroid dienone is 1. The highest BCUT2D eigenvalue weighted by molar-refractivity contribution is 5.95. The maximum absolute atomic E-state index is 13.1. The Hall–Kier alpha value is -1.73. The summed E-state index contributed by atoms with van der Waals surface area (Å²) < 4.78 is 5.26. The van der Waals surface area contributed by atoms with Crippen LogP contribution in [0.25, 0.3) is 0 Å². The molecule has 1 amide bonds. The molecular formula is C21H35N3O4. The molecule has 2 N–H and O–H groups in total. The molecule has 3 aliphatic rings. The lowest BCUT2D eigenvalue weighted by molar-refractivity contribution is -0.133. The van der Waals surface area contributed by atoms with Crippen LogP contribution in [0.1, 0.15) is 53.9 Å². The zero-order valence-corrected chi connectivity index (χ0v) is 17.8. The molecule has 0 unspecified atom stereocenters. The van der Waals surface area contributed by atoms with E-state index in [1.165, 1.54) is 0 Å². The summed E-state index contributed by atoms with van der Waals surface area (Å²) in [6.07, 6.45) is 5.65. The summed E-state index contributed by atoms with van der Waals surface area (Å²) >= 11 is 0. The summed E-state index contributed by atoms with van der Waals surface area (Å²) in [5.41, 5.74) is -1.54. The Bertz CT molecular complexity index is 623. The van der Waals surface area contributed by atoms with Gasteiger partial charge in [-0.15, -0.1) is 0 Å². The van der Waals surface area contributed by atoms with E-state index in [0.29, 0.717) is 6.42 Å². The van der Waals surface area contributed by atoms with Crippen molar-refractivity contribution in [1.82, 2.24) is 15.5 Å². The van der Waals surface area contributed by atoms with Crippen LogP contribution in [0.4, 0.5) is 4.79 Å². The van der Waals surface area contributed by atoms with Crippen molar-refractivity contribution in [2.45, 2.75) is 71.0 Å². The smallest absolute Gasteiger partial charge is 0.410 e. The topological polar surface area (TPSA) is 87.7 Å². The standard InChI is InChI=1S/C21H35N3O4/c1-15(2)18(26)20(5)10-8-6-7-9-11-28-19(27)24-13-21(14-24,23-16(3)4)17(25)12-22-20/h7,9,15-16,22-23H,6,8,10-14H2,1-5H3/t20-/m0/s1. The predicted octanol–water partition coefficient (Wildman–Crippen LogP) is 2.06. The van der Waals surface area contributed by atoms with Gasteiger partial charge in [-0.25, -0.2) is 4.79 Å². The van der Waals surface area contributed by atoms with E-state index in [9.17, 15) is 14.4 Å². The number of hydrogen-bond acceptors (Lipinski definition) is 6. The summed E-state index contributed by atoms with van der Waals surface area (Å²) in [6, 6.07) is 0.0933. The molecule has 1 saturated heterocycles. The van der Waals surface area contributed by atoms with Gasteiger partial charge in [0.1, 0.15) is 12.1 Å². The molecule has 158 valence electrons. The van der Waals surface area contributed by atoms with Gasteiger partial charge in [0.05, 0.1) is 25.2 Å². The first kappa shape index (κ1) is 22.6. The lowest BCUT2D eigenvalue weighted by Crippen LogP contribution is -2.76. The summed E-state index contributed by atoms with van der Waals surface area (Å²) in [4.78, 5) is 39.6. The molecule has 3 aliphatic heterocycles. The highest BCUT2D eigenvalue weighted by atomic mass is 16.6. The molecule has 3 heterocycles. The molecule has 1 fully saturated rings. The Morgan fingerprint density at radius 3 is 2.50 bits per heavy atom. The Labute approximate surface area is 168 Å². The molecule has 0 aromatic rings. The average Bonchev–Trinajstić information content (AvgIpc) is 2.60. The van der Waals surface area contributed by atoms with Gasteiger partial charge in [-0.1, -0.05) is 26.0 Å². The summed E-state index contributed by atoms with van der Waals surface area (Å²) in [7, 11) is 0. The molecular weight excluding hydrogens is 358 g/mol. The van der Waals surface area contributed by atoms with Crippen LogP contribution in [0.5, 0.6) is 0 Å². The van der Waals surface area contributed by atoms with E-state index in [4.69, 9.17) is 4.74 Å². The van der Waals surface area contributed by atoms with Crippen LogP contribution in [0.3, 0.4) is 0 Å². The van der Waals surface area contributed by atoms with E-state index in [2.05, 4.69) is 10.6 Å². The van der Waals surface area contributed by atoms with Gasteiger partial charge >= 0.3 is 6.09 Å². The molecule has 0 aromatic heterocycles. The monoisotopic (exact) mass is 393 g/mol. The van der Waals surface area contributed by atoms with Crippen molar-refractivity contribution in [3.63, 3.8) is 0 Å². The number of carbonyl (C=O) groups excluding carboxylic acids is 3. The number of nitrogens with zero attached hydrogens (tertiary/aromatic N) is 1. The van der Waals surface area contributed by atoms with Crippen LogP contribution >= 0.6 is 0 Å². The molecule has 7 heteroatoms. The zero-order chi connectivity index (χ0) is 20.9. The Morgan fingerprint density at radius 1 is 1.21 bits per heavy atom. The highest BCUT2D eigenvalue weighted by Gasteiger charge is 2.51. The third kappa shape index (κ3) is 5.20. The number of rotatable bonds is 4. The number of amides is 1. The molecule has 2 bridgehead atoms. The van der Waals surface area contributed by atoms with Crippen LogP contribution in [0.2, 0.25) is 0 Å². The number of ether oxygens (including phenoxy) is 1. The Kier molecular flexibility index (Phi) is 7.39. The molecule has 28 heavy (non-hydrogen) atoms. The Balaban J connectivity index is 2.22. The average molecular weight is 394 g/mol. The predicted molar refractivity (Wildman–Crippen MR) is 108 cm³/mol. The van der Waals surface area contributed by atoms with Gasteiger partial charge in [0.25, 0.3) is 0 Å². The molecule has 3 rings (SSSR count). The highest BCUT2D eigenvalue weighted by Crippen LogP contribution is 2.25. The van der Waals surface area contributed by atoms with E-state index in [-0.39, 0.29) is 49.8 Å². The molecule has 0 spiro atoms. The van der Waals surface area contributed by atoms with Gasteiger partial charge in [0, 0.05) is 12.0 Å². The second-order valence-corrected chi connectivity index (χ2v) is 8.81. The number of hydrogen-bond donors (Lipinski definition) is 2. The fraction of sp³-hybridized carbons (Fsp3) is 0.762. The SMILES string of the molecule is CC(C)NC12CN(C1)C(=O)OCC=CCCC[C@@](C)(C(=O)C(C)C)NCC2=O. The minimum Gasteiger partial charge on any atom is -0.445 e. The first-order valence-electron chi connectivity index (χ1n) is 10.3. The lowest BCUT2D eigenvalue weighted by atomic mass is 9.82. The fourth-order valence-electron chi connectivity index (χ4n) is 3.99. The normalized spacial score (nSPS) is 29.9. The molecule has 1 atom stereocenters. The number of nitrogens with one attached hydrogen (secondary N) is 2. The number of Topliss-reactive ketones (excluding diaryl/α,β-unsaturated/α-hetero) is 2. The molecule has 0 radical (unpaired) electrons. The van der Waals surface area contributed by atoms with Gasteiger partial charge in [-0.2, -0.15) is 0 Å². The minimum absolute atomic E-state index is 0.0268. The van der Waals surface area contributed by atoms with Crippen molar-refractivity contribution >= 4 is 17.7 Å². The molecule has 0 saturated carbocycles. The third-order valence-electron chi connectivity index (χ3n) is 5.50. The zero-order valence-electron chi connectivity index (χ0n) is 17.8. The fourth-order valence-corrected chi connectivity index (χ4v) is 3.99. The minimum atomic E-state index is -0.794. The van der Waals surface area contributed by atoms with E-state index >= 15 is 0 Å². The third-order valence-corrected chi connectivity index (χ3v) is 5.50. The van der Waals surface area contributed by atoms with Gasteiger partial charge < -0.3 is 9.64 Å². The van der Waals surface area contributed by atoms with Crippen LogP contribution in [0.15, 0.2) is 12.2 Å². The lowest BCUT2D eigenvalue weighted by Gasteiger charge is -2.49. The summed E-state index contributed by atoms with van der Waals surface area (Å²) in [6.45, 7) is 10.5. The van der Waals surface area contributed by atoms with Crippen LogP contribution in [-0.4, -0.2) is 65.9 Å². The number of carbonyl (C=O) groups is 3. The van der Waals surface area contributed by atoms with E-state index in [0.717, 1.165) is 12.8 Å². The van der Waals surface area contributed by atoms with E-state index in [1.54, 1.807) is 4.90 Å². The molecule has 0 aliphatic carbocycles. The van der Waals surface area contributed by atoms with Gasteiger partial charge in [0.2, 0.25) is 0 Å². The summed E-state index contributed by atoms with van der Waals surface area (Å²) in [5.74, 6) is -0.0209.